The van der Waals surface area contributed by atoms with E-state index in [0.29, 0.717) is 12.5 Å². The lowest BCUT2D eigenvalue weighted by atomic mass is 10.3. The molecule has 0 amide bonds. The van der Waals surface area contributed by atoms with Crippen molar-refractivity contribution in [3.05, 3.63) is 16.5 Å². The van der Waals surface area contributed by atoms with E-state index in [-0.39, 0.29) is 6.04 Å². The third kappa shape index (κ3) is 3.92. The molecule has 1 heterocycles. The standard InChI is InChI=1S/C12H18BrN3O/c1-3-17-7-8(2)14-11-6-10(13)15-12(16-11)9-4-5-9/h6,8-9H,3-5,7H2,1-2H3,(H,14,15,16). The summed E-state index contributed by atoms with van der Waals surface area (Å²) in [5, 5.41) is 3.33. The molecule has 94 valence electrons. The predicted octanol–water partition coefficient (Wildman–Crippen LogP) is 2.95. The second kappa shape index (κ2) is 5.78. The van der Waals surface area contributed by atoms with Crippen molar-refractivity contribution in [3.8, 4) is 0 Å². The Labute approximate surface area is 110 Å². The Morgan fingerprint density at radius 1 is 1.53 bits per heavy atom. The van der Waals surface area contributed by atoms with E-state index in [1.165, 1.54) is 12.8 Å². The quantitative estimate of drug-likeness (QED) is 0.821. The molecule has 1 aliphatic rings. The summed E-state index contributed by atoms with van der Waals surface area (Å²) < 4.78 is 6.22. The number of rotatable bonds is 6. The van der Waals surface area contributed by atoms with Gasteiger partial charge in [0.05, 0.1) is 6.61 Å². The van der Waals surface area contributed by atoms with Gasteiger partial charge in [-0.1, -0.05) is 0 Å². The molecule has 0 bridgehead atoms. The maximum absolute atomic E-state index is 5.37. The van der Waals surface area contributed by atoms with Crippen LogP contribution in [0.3, 0.4) is 0 Å². The summed E-state index contributed by atoms with van der Waals surface area (Å²) in [7, 11) is 0. The van der Waals surface area contributed by atoms with Gasteiger partial charge in [-0.25, -0.2) is 9.97 Å². The molecule has 1 aromatic rings. The van der Waals surface area contributed by atoms with Crippen LogP contribution in [-0.4, -0.2) is 29.2 Å². The first-order chi connectivity index (χ1) is 8.19. The highest BCUT2D eigenvalue weighted by Gasteiger charge is 2.27. The van der Waals surface area contributed by atoms with Crippen LogP contribution in [0, 0.1) is 0 Å². The van der Waals surface area contributed by atoms with Gasteiger partial charge in [0, 0.05) is 24.6 Å². The lowest BCUT2D eigenvalue weighted by Gasteiger charge is -2.14. The van der Waals surface area contributed by atoms with E-state index in [9.17, 15) is 0 Å². The number of aromatic nitrogens is 2. The van der Waals surface area contributed by atoms with E-state index in [1.807, 2.05) is 13.0 Å². The molecule has 1 unspecified atom stereocenters. The van der Waals surface area contributed by atoms with E-state index in [0.717, 1.165) is 22.9 Å². The molecular weight excluding hydrogens is 282 g/mol. The van der Waals surface area contributed by atoms with E-state index >= 15 is 0 Å². The minimum Gasteiger partial charge on any atom is -0.380 e. The molecule has 0 aliphatic heterocycles. The van der Waals surface area contributed by atoms with E-state index in [4.69, 9.17) is 4.74 Å². The van der Waals surface area contributed by atoms with Crippen molar-refractivity contribution in [2.45, 2.75) is 38.6 Å². The van der Waals surface area contributed by atoms with Gasteiger partial charge in [0.1, 0.15) is 16.2 Å². The van der Waals surface area contributed by atoms with Gasteiger partial charge < -0.3 is 10.1 Å². The molecule has 4 nitrogen and oxygen atoms in total. The fourth-order valence-electron chi connectivity index (χ4n) is 1.62. The second-order valence-electron chi connectivity index (χ2n) is 4.41. The summed E-state index contributed by atoms with van der Waals surface area (Å²) >= 11 is 3.43. The normalized spacial score (nSPS) is 16.9. The maximum Gasteiger partial charge on any atom is 0.135 e. The van der Waals surface area contributed by atoms with Crippen molar-refractivity contribution in [1.82, 2.24) is 9.97 Å². The predicted molar refractivity (Wildman–Crippen MR) is 71.3 cm³/mol. The molecular formula is C12H18BrN3O. The van der Waals surface area contributed by atoms with Crippen LogP contribution in [0.4, 0.5) is 5.82 Å². The number of nitrogens with zero attached hydrogens (tertiary/aromatic N) is 2. The van der Waals surface area contributed by atoms with Crippen LogP contribution in [0.15, 0.2) is 10.7 Å². The highest BCUT2D eigenvalue weighted by molar-refractivity contribution is 9.10. The van der Waals surface area contributed by atoms with Gasteiger partial charge >= 0.3 is 0 Å². The third-order valence-electron chi connectivity index (χ3n) is 2.62. The lowest BCUT2D eigenvalue weighted by molar-refractivity contribution is 0.141. The van der Waals surface area contributed by atoms with Crippen LogP contribution >= 0.6 is 15.9 Å². The molecule has 0 aromatic carbocycles. The minimum atomic E-state index is 0.254. The Bertz CT molecular complexity index is 382. The van der Waals surface area contributed by atoms with Crippen LogP contribution in [-0.2, 0) is 4.74 Å². The molecule has 0 radical (unpaired) electrons. The molecule has 2 rings (SSSR count). The highest BCUT2D eigenvalue weighted by atomic mass is 79.9. The summed E-state index contributed by atoms with van der Waals surface area (Å²) in [5.41, 5.74) is 0. The molecule has 1 aliphatic carbocycles. The Morgan fingerprint density at radius 3 is 2.94 bits per heavy atom. The first-order valence-corrected chi connectivity index (χ1v) is 6.87. The molecule has 1 fully saturated rings. The number of anilines is 1. The van der Waals surface area contributed by atoms with Crippen LogP contribution in [0.25, 0.3) is 0 Å². The maximum atomic E-state index is 5.37. The number of hydrogen-bond donors (Lipinski definition) is 1. The van der Waals surface area contributed by atoms with Crippen molar-refractivity contribution >= 4 is 21.7 Å². The molecule has 1 saturated carbocycles. The topological polar surface area (TPSA) is 47.0 Å². The first-order valence-electron chi connectivity index (χ1n) is 6.07. The molecule has 1 N–H and O–H groups in total. The van der Waals surface area contributed by atoms with Gasteiger partial charge in [0.15, 0.2) is 0 Å². The zero-order chi connectivity index (χ0) is 12.3. The monoisotopic (exact) mass is 299 g/mol. The van der Waals surface area contributed by atoms with Crippen molar-refractivity contribution < 1.29 is 4.74 Å². The average molecular weight is 300 g/mol. The Kier molecular flexibility index (Phi) is 4.34. The lowest BCUT2D eigenvalue weighted by Crippen LogP contribution is -2.22. The van der Waals surface area contributed by atoms with Crippen LogP contribution in [0.2, 0.25) is 0 Å². The fraction of sp³-hybridized carbons (Fsp3) is 0.667. The summed E-state index contributed by atoms with van der Waals surface area (Å²) in [6.07, 6.45) is 2.43. The molecule has 1 atom stereocenters. The van der Waals surface area contributed by atoms with Gasteiger partial charge in [-0.15, -0.1) is 0 Å². The summed E-state index contributed by atoms with van der Waals surface area (Å²) in [5.74, 6) is 2.39. The average Bonchev–Trinajstić information content (AvgIpc) is 3.09. The number of hydrogen-bond acceptors (Lipinski definition) is 4. The summed E-state index contributed by atoms with van der Waals surface area (Å²) in [6.45, 7) is 5.52. The summed E-state index contributed by atoms with van der Waals surface area (Å²) in [4.78, 5) is 8.94. The largest absolute Gasteiger partial charge is 0.380 e. The van der Waals surface area contributed by atoms with Gasteiger partial charge in [-0.2, -0.15) is 0 Å². The molecule has 0 spiro atoms. The zero-order valence-electron chi connectivity index (χ0n) is 10.2. The zero-order valence-corrected chi connectivity index (χ0v) is 11.8. The molecule has 0 saturated heterocycles. The first kappa shape index (κ1) is 12.8. The Morgan fingerprint density at radius 2 is 2.29 bits per heavy atom. The van der Waals surface area contributed by atoms with Crippen LogP contribution in [0.5, 0.6) is 0 Å². The molecule has 17 heavy (non-hydrogen) atoms. The molecule has 1 aromatic heterocycles. The van der Waals surface area contributed by atoms with Gasteiger partial charge in [-0.05, 0) is 42.6 Å². The molecule has 5 heteroatoms. The van der Waals surface area contributed by atoms with E-state index in [2.05, 4.69) is 38.1 Å². The van der Waals surface area contributed by atoms with E-state index in [1.54, 1.807) is 0 Å². The third-order valence-corrected chi connectivity index (χ3v) is 3.03. The fourth-order valence-corrected chi connectivity index (χ4v) is 2.02. The second-order valence-corrected chi connectivity index (χ2v) is 5.23. The van der Waals surface area contributed by atoms with Gasteiger partial charge in [0.25, 0.3) is 0 Å². The number of ether oxygens (including phenoxy) is 1. The summed E-state index contributed by atoms with van der Waals surface area (Å²) in [6, 6.07) is 2.16. The SMILES string of the molecule is CCOCC(C)Nc1cc(Br)nc(C2CC2)n1. The Balaban J connectivity index is 1.99. The minimum absolute atomic E-state index is 0.254. The number of halogens is 1. The van der Waals surface area contributed by atoms with Crippen molar-refractivity contribution in [2.24, 2.45) is 0 Å². The van der Waals surface area contributed by atoms with Crippen molar-refractivity contribution in [1.29, 1.82) is 0 Å². The Hall–Kier alpha value is -0.680. The van der Waals surface area contributed by atoms with Crippen LogP contribution in [0.1, 0.15) is 38.4 Å². The van der Waals surface area contributed by atoms with E-state index < -0.39 is 0 Å². The van der Waals surface area contributed by atoms with Gasteiger partial charge in [0.2, 0.25) is 0 Å². The smallest absolute Gasteiger partial charge is 0.135 e. The van der Waals surface area contributed by atoms with Gasteiger partial charge in [-0.3, -0.25) is 0 Å². The van der Waals surface area contributed by atoms with Crippen molar-refractivity contribution in [3.63, 3.8) is 0 Å². The van der Waals surface area contributed by atoms with Crippen molar-refractivity contribution in [2.75, 3.05) is 18.5 Å². The number of nitrogens with one attached hydrogen (secondary N) is 1. The van der Waals surface area contributed by atoms with Crippen LogP contribution < -0.4 is 5.32 Å². The highest BCUT2D eigenvalue weighted by Crippen LogP contribution is 2.38.